The first-order valence-electron chi connectivity index (χ1n) is 9.73. The van der Waals surface area contributed by atoms with E-state index in [1.807, 2.05) is 48.9 Å². The van der Waals surface area contributed by atoms with Crippen molar-refractivity contribution in [2.45, 2.75) is 19.9 Å². The molecule has 0 aliphatic carbocycles. The van der Waals surface area contributed by atoms with Crippen molar-refractivity contribution in [1.82, 2.24) is 19.1 Å². The van der Waals surface area contributed by atoms with Crippen LogP contribution in [0.15, 0.2) is 64.8 Å². The molecule has 0 radical (unpaired) electrons. The maximum Gasteiger partial charge on any atom is 0.277 e. The van der Waals surface area contributed by atoms with Gasteiger partial charge in [0.1, 0.15) is 11.2 Å². The van der Waals surface area contributed by atoms with Gasteiger partial charge in [-0.2, -0.15) is 0 Å². The predicted molar refractivity (Wildman–Crippen MR) is 112 cm³/mol. The molecular weight excluding hydrogens is 381 g/mol. The van der Waals surface area contributed by atoms with Gasteiger partial charge < -0.3 is 9.55 Å². The van der Waals surface area contributed by atoms with Crippen molar-refractivity contribution in [3.8, 4) is 5.69 Å². The minimum Gasteiger partial charge on any atom is -0.321 e. The lowest BCUT2D eigenvalue weighted by Crippen LogP contribution is -2.33. The van der Waals surface area contributed by atoms with E-state index in [1.165, 1.54) is 12.1 Å². The Balaban J connectivity index is 1.53. The molecule has 0 spiro atoms. The van der Waals surface area contributed by atoms with Gasteiger partial charge in [0, 0.05) is 11.9 Å². The first kappa shape index (κ1) is 18.3. The van der Waals surface area contributed by atoms with E-state index < -0.39 is 0 Å². The number of nitrogens with zero attached hydrogens (tertiary/aromatic N) is 4. The molecule has 0 fully saturated rings. The number of nitrogens with one attached hydrogen (secondary N) is 1. The Morgan fingerprint density at radius 3 is 2.67 bits per heavy atom. The van der Waals surface area contributed by atoms with Crippen LogP contribution in [0.25, 0.3) is 11.8 Å². The van der Waals surface area contributed by atoms with Crippen molar-refractivity contribution in [3.63, 3.8) is 0 Å². The molecule has 1 aliphatic heterocycles. The highest BCUT2D eigenvalue weighted by Gasteiger charge is 2.23. The van der Waals surface area contributed by atoms with Gasteiger partial charge in [0.25, 0.3) is 5.56 Å². The number of rotatable bonds is 3. The molecule has 1 unspecified atom stereocenters. The Bertz CT molecular complexity index is 1430. The number of aromatic nitrogens is 4. The third-order valence-corrected chi connectivity index (χ3v) is 5.43. The summed E-state index contributed by atoms with van der Waals surface area (Å²) in [5.41, 5.74) is 5.28. The minimum absolute atomic E-state index is 0.132. The number of benzene rings is 2. The van der Waals surface area contributed by atoms with Crippen LogP contribution in [0.2, 0.25) is 0 Å². The fraction of sp³-hybridized carbons (Fsp3) is 0.174. The summed E-state index contributed by atoms with van der Waals surface area (Å²) < 4.78 is 16.9. The molecule has 7 heteroatoms. The maximum absolute atomic E-state index is 13.3. The zero-order chi connectivity index (χ0) is 20.8. The van der Waals surface area contributed by atoms with Crippen LogP contribution in [0.4, 0.5) is 4.39 Å². The zero-order valence-corrected chi connectivity index (χ0v) is 16.6. The third-order valence-electron chi connectivity index (χ3n) is 5.43. The molecule has 1 N–H and O–H groups in total. The van der Waals surface area contributed by atoms with Crippen LogP contribution < -0.4 is 16.5 Å². The van der Waals surface area contributed by atoms with Crippen molar-refractivity contribution in [3.05, 3.63) is 105 Å². The van der Waals surface area contributed by atoms with Crippen LogP contribution in [-0.4, -0.2) is 25.6 Å². The van der Waals surface area contributed by atoms with Gasteiger partial charge in [-0.3, -0.25) is 9.36 Å². The van der Waals surface area contributed by atoms with Crippen LogP contribution >= 0.6 is 0 Å². The van der Waals surface area contributed by atoms with Gasteiger partial charge >= 0.3 is 0 Å². The summed E-state index contributed by atoms with van der Waals surface area (Å²) in [5.74, 6) is -0.297. The second-order valence-corrected chi connectivity index (χ2v) is 7.56. The monoisotopic (exact) mass is 401 g/mol. The molecular formula is C23H20FN5O. The van der Waals surface area contributed by atoms with Crippen molar-refractivity contribution in [2.75, 3.05) is 6.54 Å². The number of hydrogen-bond acceptors (Lipinski definition) is 3. The maximum atomic E-state index is 13.3. The second kappa shape index (κ2) is 6.95. The number of imidazole rings is 2. The highest BCUT2D eigenvalue weighted by atomic mass is 19.1. The highest BCUT2D eigenvalue weighted by Crippen LogP contribution is 2.19. The Morgan fingerprint density at radius 2 is 1.97 bits per heavy atom. The molecule has 4 aromatic rings. The SMILES string of the molecule is Cc1cn(-c2ccc(/C=c3\[nH]c4n(c3=O)C(c3ccc(F)cc3)CN=4)cc2C)cn1. The largest absolute Gasteiger partial charge is 0.321 e. The van der Waals surface area contributed by atoms with Gasteiger partial charge in [-0.15, -0.1) is 0 Å². The summed E-state index contributed by atoms with van der Waals surface area (Å²) in [4.78, 5) is 24.9. The van der Waals surface area contributed by atoms with Gasteiger partial charge in [-0.05, 0) is 60.9 Å². The van der Waals surface area contributed by atoms with Crippen molar-refractivity contribution in [1.29, 1.82) is 0 Å². The summed E-state index contributed by atoms with van der Waals surface area (Å²) in [7, 11) is 0. The summed E-state index contributed by atoms with van der Waals surface area (Å²) in [6.45, 7) is 4.45. The van der Waals surface area contributed by atoms with Gasteiger partial charge in [-0.25, -0.2) is 14.4 Å². The van der Waals surface area contributed by atoms with E-state index in [2.05, 4.69) is 15.0 Å². The number of aryl methyl sites for hydroxylation is 2. The van der Waals surface area contributed by atoms with Crippen molar-refractivity contribution >= 4 is 6.08 Å². The van der Waals surface area contributed by atoms with E-state index in [0.29, 0.717) is 17.5 Å². The van der Waals surface area contributed by atoms with Crippen molar-refractivity contribution in [2.24, 2.45) is 4.99 Å². The quantitative estimate of drug-likeness (QED) is 0.572. The summed E-state index contributed by atoms with van der Waals surface area (Å²) in [6.07, 6.45) is 5.60. The predicted octanol–water partition coefficient (Wildman–Crippen LogP) is 2.17. The standard InChI is InChI=1S/C23H20FN5O/c1-14-9-16(3-8-20(14)28-12-15(2)26-13-28)10-19-22(30)29-21(11-25-23(29)27-19)17-4-6-18(24)7-5-17/h3-10,12-13,21H,11H2,1-2H3,(H,25,27)/b19-10-. The van der Waals surface area contributed by atoms with Crippen LogP contribution in [0.5, 0.6) is 0 Å². The Hall–Kier alpha value is -3.74. The molecule has 0 bridgehead atoms. The van der Waals surface area contributed by atoms with Crippen LogP contribution in [0, 0.1) is 19.7 Å². The molecule has 1 atom stereocenters. The van der Waals surface area contributed by atoms with Crippen molar-refractivity contribution < 1.29 is 4.39 Å². The average Bonchev–Trinajstić information content (AvgIpc) is 3.41. The molecule has 30 heavy (non-hydrogen) atoms. The van der Waals surface area contributed by atoms with E-state index in [9.17, 15) is 9.18 Å². The van der Waals surface area contributed by atoms with Gasteiger partial charge in [0.15, 0.2) is 0 Å². The molecule has 2 aromatic carbocycles. The molecule has 0 saturated carbocycles. The van der Waals surface area contributed by atoms with E-state index >= 15 is 0 Å². The van der Waals surface area contributed by atoms with Crippen LogP contribution in [0.1, 0.15) is 28.4 Å². The lowest BCUT2D eigenvalue weighted by Gasteiger charge is -2.11. The molecule has 6 nitrogen and oxygen atoms in total. The van der Waals surface area contributed by atoms with Gasteiger partial charge in [-0.1, -0.05) is 18.2 Å². The van der Waals surface area contributed by atoms with E-state index in [1.54, 1.807) is 23.0 Å². The first-order valence-corrected chi connectivity index (χ1v) is 9.73. The van der Waals surface area contributed by atoms with Crippen LogP contribution in [-0.2, 0) is 0 Å². The normalized spacial score (nSPS) is 16.0. The number of halogens is 1. The molecule has 1 aliphatic rings. The smallest absolute Gasteiger partial charge is 0.277 e. The Labute approximate surface area is 171 Å². The molecule has 5 rings (SSSR count). The number of fused-ring (bicyclic) bond motifs is 1. The third kappa shape index (κ3) is 3.08. The fourth-order valence-electron chi connectivity index (χ4n) is 3.93. The lowest BCUT2D eigenvalue weighted by atomic mass is 10.1. The van der Waals surface area contributed by atoms with E-state index in [0.717, 1.165) is 28.1 Å². The summed E-state index contributed by atoms with van der Waals surface area (Å²) in [6, 6.07) is 12.0. The molecule has 0 amide bonds. The number of hydrogen-bond donors (Lipinski definition) is 1. The minimum atomic E-state index is -0.297. The summed E-state index contributed by atoms with van der Waals surface area (Å²) in [5, 5.41) is 0.478. The topological polar surface area (TPSA) is 68.0 Å². The van der Waals surface area contributed by atoms with E-state index in [4.69, 9.17) is 0 Å². The highest BCUT2D eigenvalue weighted by molar-refractivity contribution is 5.54. The molecule has 150 valence electrons. The first-order chi connectivity index (χ1) is 14.5. The molecule has 2 aromatic heterocycles. The van der Waals surface area contributed by atoms with E-state index in [-0.39, 0.29) is 17.4 Å². The van der Waals surface area contributed by atoms with Gasteiger partial charge in [0.2, 0.25) is 5.62 Å². The molecule has 3 heterocycles. The lowest BCUT2D eigenvalue weighted by molar-refractivity contribution is 0.606. The molecule has 0 saturated heterocycles. The van der Waals surface area contributed by atoms with Gasteiger partial charge in [0.05, 0.1) is 24.6 Å². The Morgan fingerprint density at radius 1 is 1.17 bits per heavy atom. The summed E-state index contributed by atoms with van der Waals surface area (Å²) >= 11 is 0. The number of aromatic amines is 1. The zero-order valence-electron chi connectivity index (χ0n) is 16.6. The number of H-pyrrole nitrogens is 1. The Kier molecular flexibility index (Phi) is 4.24. The fourth-order valence-corrected chi connectivity index (χ4v) is 3.93. The van der Waals surface area contributed by atoms with Crippen LogP contribution in [0.3, 0.4) is 0 Å². The second-order valence-electron chi connectivity index (χ2n) is 7.56. The average molecular weight is 401 g/mol.